The summed E-state index contributed by atoms with van der Waals surface area (Å²) in [5.41, 5.74) is 0. The number of hydrogen-bond acceptors (Lipinski definition) is 2. The van der Waals surface area contributed by atoms with Gasteiger partial charge in [0.25, 0.3) is 0 Å². The molecule has 2 bridgehead atoms. The van der Waals surface area contributed by atoms with E-state index in [0.29, 0.717) is 12.8 Å². The van der Waals surface area contributed by atoms with E-state index in [4.69, 9.17) is 0 Å². The minimum Gasteiger partial charge on any atom is -0.303 e. The van der Waals surface area contributed by atoms with Crippen molar-refractivity contribution in [2.45, 2.75) is 43.9 Å². The van der Waals surface area contributed by atoms with Gasteiger partial charge in [0.15, 0.2) is 0 Å². The molecule has 0 spiro atoms. The van der Waals surface area contributed by atoms with Gasteiger partial charge >= 0.3 is 6.18 Å². The molecule has 2 aliphatic rings. The van der Waals surface area contributed by atoms with E-state index >= 15 is 0 Å². The first-order chi connectivity index (χ1) is 6.99. The van der Waals surface area contributed by atoms with E-state index in [1.807, 2.05) is 0 Å². The number of rotatable bonds is 2. The number of piperidine rings is 1. The normalized spacial score (nSPS) is 36.9. The topological polar surface area (TPSA) is 20.3 Å². The third-order valence-electron chi connectivity index (χ3n) is 3.48. The van der Waals surface area contributed by atoms with Crippen molar-refractivity contribution >= 4 is 6.29 Å². The molecule has 1 unspecified atom stereocenters. The van der Waals surface area contributed by atoms with Gasteiger partial charge in [0.1, 0.15) is 6.29 Å². The summed E-state index contributed by atoms with van der Waals surface area (Å²) in [6.07, 6.45) is -0.382. The van der Waals surface area contributed by atoms with Gasteiger partial charge in [-0.25, -0.2) is 0 Å². The molecule has 0 amide bonds. The van der Waals surface area contributed by atoms with Gasteiger partial charge in [-0.15, -0.1) is 0 Å². The van der Waals surface area contributed by atoms with Crippen LogP contribution in [0.5, 0.6) is 0 Å². The van der Waals surface area contributed by atoms with Crippen LogP contribution in [0.4, 0.5) is 13.2 Å². The fraction of sp³-hybridized carbons (Fsp3) is 0.900. The summed E-state index contributed by atoms with van der Waals surface area (Å²) in [5, 5.41) is 0. The minimum absolute atomic E-state index is 0.0213. The molecule has 15 heavy (non-hydrogen) atoms. The van der Waals surface area contributed by atoms with E-state index in [2.05, 4.69) is 0 Å². The van der Waals surface area contributed by atoms with E-state index in [9.17, 15) is 18.0 Å². The van der Waals surface area contributed by atoms with E-state index in [1.54, 1.807) is 4.90 Å². The lowest BCUT2D eigenvalue weighted by Crippen LogP contribution is -2.47. The number of carbonyl (C=O) groups is 1. The van der Waals surface area contributed by atoms with Crippen molar-refractivity contribution in [3.63, 3.8) is 0 Å². The van der Waals surface area contributed by atoms with Gasteiger partial charge in [0.2, 0.25) is 0 Å². The average Bonchev–Trinajstić information content (AvgIpc) is 2.37. The van der Waals surface area contributed by atoms with Gasteiger partial charge in [0.05, 0.1) is 6.54 Å². The lowest BCUT2D eigenvalue weighted by Gasteiger charge is -2.37. The summed E-state index contributed by atoms with van der Waals surface area (Å²) < 4.78 is 36.8. The van der Waals surface area contributed by atoms with Crippen molar-refractivity contribution in [1.82, 2.24) is 4.90 Å². The third-order valence-corrected chi connectivity index (χ3v) is 3.48. The zero-order valence-corrected chi connectivity index (χ0v) is 8.33. The van der Waals surface area contributed by atoms with Crippen LogP contribution in [0.25, 0.3) is 0 Å². The first-order valence-corrected chi connectivity index (χ1v) is 5.27. The van der Waals surface area contributed by atoms with Gasteiger partial charge in [-0.05, 0) is 25.7 Å². The molecule has 5 heteroatoms. The monoisotopic (exact) mass is 221 g/mol. The maximum absolute atomic E-state index is 12.3. The van der Waals surface area contributed by atoms with Gasteiger partial charge in [-0.2, -0.15) is 13.2 Å². The Bertz CT molecular complexity index is 240. The highest BCUT2D eigenvalue weighted by atomic mass is 19.4. The molecule has 0 aromatic rings. The van der Waals surface area contributed by atoms with Crippen LogP contribution in [0.1, 0.15) is 25.7 Å². The Morgan fingerprint density at radius 1 is 1.20 bits per heavy atom. The summed E-state index contributed by atoms with van der Waals surface area (Å²) in [4.78, 5) is 12.2. The van der Waals surface area contributed by atoms with Crippen molar-refractivity contribution in [1.29, 1.82) is 0 Å². The molecule has 0 aromatic carbocycles. The number of nitrogens with zero attached hydrogens (tertiary/aromatic N) is 1. The number of carbonyl (C=O) groups excluding carboxylic acids is 1. The summed E-state index contributed by atoms with van der Waals surface area (Å²) in [7, 11) is 0. The zero-order valence-electron chi connectivity index (χ0n) is 8.33. The predicted octanol–water partition coefficient (Wildman–Crippen LogP) is 1.99. The van der Waals surface area contributed by atoms with E-state index in [0.717, 1.165) is 19.1 Å². The highest BCUT2D eigenvalue weighted by molar-refractivity contribution is 5.54. The molecular weight excluding hydrogens is 207 g/mol. The molecule has 86 valence electrons. The largest absolute Gasteiger partial charge is 0.401 e. The Morgan fingerprint density at radius 3 is 2.13 bits per heavy atom. The maximum atomic E-state index is 12.3. The van der Waals surface area contributed by atoms with Crippen LogP contribution in [-0.2, 0) is 4.79 Å². The molecular formula is C10H14F3NO. The predicted molar refractivity (Wildman–Crippen MR) is 48.4 cm³/mol. The molecule has 0 radical (unpaired) electrons. The molecule has 2 saturated heterocycles. The van der Waals surface area contributed by atoms with Gasteiger partial charge < -0.3 is 4.79 Å². The molecule has 3 atom stereocenters. The molecule has 0 saturated carbocycles. The van der Waals surface area contributed by atoms with Crippen LogP contribution in [0.15, 0.2) is 0 Å². The third kappa shape index (κ3) is 2.33. The van der Waals surface area contributed by atoms with Crippen LogP contribution in [0.2, 0.25) is 0 Å². The second-order valence-electron chi connectivity index (χ2n) is 4.54. The summed E-state index contributed by atoms with van der Waals surface area (Å²) in [5.74, 6) is -0.0213. The minimum atomic E-state index is -4.12. The second kappa shape index (κ2) is 3.77. The maximum Gasteiger partial charge on any atom is 0.401 e. The Balaban J connectivity index is 2.01. The first kappa shape index (κ1) is 10.9. The number of aldehydes is 1. The first-order valence-electron chi connectivity index (χ1n) is 5.27. The molecule has 2 fully saturated rings. The second-order valence-corrected chi connectivity index (χ2v) is 4.54. The van der Waals surface area contributed by atoms with Gasteiger partial charge in [0, 0.05) is 18.0 Å². The fourth-order valence-electron chi connectivity index (χ4n) is 2.89. The van der Waals surface area contributed by atoms with Gasteiger partial charge in [-0.3, -0.25) is 4.90 Å². The Labute approximate surface area is 86.4 Å². The molecule has 0 N–H and O–H groups in total. The highest BCUT2D eigenvalue weighted by Crippen LogP contribution is 2.39. The zero-order chi connectivity index (χ0) is 11.1. The van der Waals surface area contributed by atoms with Crippen LogP contribution in [-0.4, -0.2) is 36.0 Å². The lowest BCUT2D eigenvalue weighted by molar-refractivity contribution is -0.156. The molecule has 2 heterocycles. The summed E-state index contributed by atoms with van der Waals surface area (Å²) in [6.45, 7) is -0.812. The fourth-order valence-corrected chi connectivity index (χ4v) is 2.89. The van der Waals surface area contributed by atoms with E-state index in [-0.39, 0.29) is 18.0 Å². The van der Waals surface area contributed by atoms with E-state index in [1.165, 1.54) is 0 Å². The highest BCUT2D eigenvalue weighted by Gasteiger charge is 2.45. The van der Waals surface area contributed by atoms with Crippen molar-refractivity contribution in [3.8, 4) is 0 Å². The average molecular weight is 221 g/mol. The van der Waals surface area contributed by atoms with Crippen LogP contribution < -0.4 is 0 Å². The quantitative estimate of drug-likeness (QED) is 0.665. The molecule has 0 aliphatic carbocycles. The molecule has 0 aromatic heterocycles. The standard InChI is InChI=1S/C10H14F3NO/c11-10(12,13)6-14-8-1-2-9(14)4-7(3-8)5-15/h5,7-9H,1-4,6H2/t7?,8-,9+. The molecule has 2 nitrogen and oxygen atoms in total. The van der Waals surface area contributed by atoms with Crippen molar-refractivity contribution < 1.29 is 18.0 Å². The SMILES string of the molecule is O=CC1C[C@H]2CC[C@@H](C1)N2CC(F)(F)F. The van der Waals surface area contributed by atoms with Gasteiger partial charge in [-0.1, -0.05) is 0 Å². The number of halogens is 3. The summed E-state index contributed by atoms with van der Waals surface area (Å²) >= 11 is 0. The lowest BCUT2D eigenvalue weighted by atomic mass is 9.92. The summed E-state index contributed by atoms with van der Waals surface area (Å²) in [6, 6.07) is -0.0545. The Morgan fingerprint density at radius 2 is 1.73 bits per heavy atom. The number of hydrogen-bond donors (Lipinski definition) is 0. The number of alkyl halides is 3. The number of fused-ring (bicyclic) bond motifs is 2. The van der Waals surface area contributed by atoms with Crippen LogP contribution in [0.3, 0.4) is 0 Å². The van der Waals surface area contributed by atoms with Crippen molar-refractivity contribution in [3.05, 3.63) is 0 Å². The Hall–Kier alpha value is -0.580. The smallest absolute Gasteiger partial charge is 0.303 e. The van der Waals surface area contributed by atoms with Crippen molar-refractivity contribution in [2.24, 2.45) is 5.92 Å². The molecule has 2 aliphatic heterocycles. The van der Waals surface area contributed by atoms with Crippen LogP contribution in [0, 0.1) is 5.92 Å². The van der Waals surface area contributed by atoms with E-state index < -0.39 is 12.7 Å². The molecule has 2 rings (SSSR count). The van der Waals surface area contributed by atoms with Crippen molar-refractivity contribution in [2.75, 3.05) is 6.54 Å². The van der Waals surface area contributed by atoms with Crippen LogP contribution >= 0.6 is 0 Å². The Kier molecular flexibility index (Phi) is 2.75.